The minimum atomic E-state index is -0.212. The third-order valence-corrected chi connectivity index (χ3v) is 3.63. The highest BCUT2D eigenvalue weighted by Gasteiger charge is 2.09. The molecule has 0 saturated heterocycles. The van der Waals surface area contributed by atoms with E-state index in [1.807, 2.05) is 6.07 Å². The van der Waals surface area contributed by atoms with Gasteiger partial charge in [-0.25, -0.2) is 0 Å². The molecular weight excluding hydrogens is 262 g/mol. The van der Waals surface area contributed by atoms with Crippen molar-refractivity contribution in [2.45, 2.75) is 19.3 Å². The summed E-state index contributed by atoms with van der Waals surface area (Å²) >= 11 is 0. The molecule has 0 heterocycles. The first kappa shape index (κ1) is 15.7. The van der Waals surface area contributed by atoms with Gasteiger partial charge in [-0.05, 0) is 23.6 Å². The Bertz CT molecular complexity index is 521. The van der Waals surface area contributed by atoms with Crippen LogP contribution in [0.3, 0.4) is 0 Å². The first-order valence-electron chi connectivity index (χ1n) is 7.19. The Morgan fingerprint density at radius 3 is 2.00 bits per heavy atom. The number of hydrogen-bond donors (Lipinski definition) is 1. The van der Waals surface area contributed by atoms with Gasteiger partial charge in [0.05, 0.1) is 0 Å². The standard InChI is InChI=1S/C18H23NO2/c1-14(19-13-18(20-2)21-3)15-9-11-17(12-10-15)16-7-5-4-6-8-16/h4-12,14,18-19H,13H2,1-3H3. The molecule has 3 nitrogen and oxygen atoms in total. The summed E-state index contributed by atoms with van der Waals surface area (Å²) in [7, 11) is 3.30. The Labute approximate surface area is 126 Å². The van der Waals surface area contributed by atoms with Gasteiger partial charge in [0.2, 0.25) is 0 Å². The monoisotopic (exact) mass is 285 g/mol. The molecule has 2 aromatic carbocycles. The number of rotatable bonds is 7. The first-order chi connectivity index (χ1) is 10.2. The normalized spacial score (nSPS) is 12.6. The SMILES string of the molecule is COC(CNC(C)c1ccc(-c2ccccc2)cc1)OC. The lowest BCUT2D eigenvalue weighted by Crippen LogP contribution is -2.31. The zero-order chi connectivity index (χ0) is 15.1. The fourth-order valence-electron chi connectivity index (χ4n) is 2.25. The largest absolute Gasteiger partial charge is 0.355 e. The summed E-state index contributed by atoms with van der Waals surface area (Å²) in [5.74, 6) is 0. The molecule has 112 valence electrons. The Kier molecular flexibility index (Phi) is 5.93. The van der Waals surface area contributed by atoms with Crippen molar-refractivity contribution in [2.24, 2.45) is 0 Å². The van der Waals surface area contributed by atoms with E-state index < -0.39 is 0 Å². The quantitative estimate of drug-likeness (QED) is 0.788. The predicted molar refractivity (Wildman–Crippen MR) is 86.1 cm³/mol. The van der Waals surface area contributed by atoms with Gasteiger partial charge in [0.15, 0.2) is 6.29 Å². The van der Waals surface area contributed by atoms with Crippen LogP contribution in [0.15, 0.2) is 54.6 Å². The molecule has 0 aliphatic rings. The second-order valence-corrected chi connectivity index (χ2v) is 5.02. The third kappa shape index (κ3) is 4.39. The molecular formula is C18H23NO2. The van der Waals surface area contributed by atoms with Gasteiger partial charge in [0, 0.05) is 26.8 Å². The van der Waals surface area contributed by atoms with Crippen molar-refractivity contribution in [2.75, 3.05) is 20.8 Å². The molecule has 0 spiro atoms. The van der Waals surface area contributed by atoms with E-state index in [-0.39, 0.29) is 12.3 Å². The van der Waals surface area contributed by atoms with Gasteiger partial charge in [-0.3, -0.25) is 0 Å². The smallest absolute Gasteiger partial charge is 0.169 e. The van der Waals surface area contributed by atoms with Gasteiger partial charge < -0.3 is 14.8 Å². The van der Waals surface area contributed by atoms with Crippen molar-refractivity contribution in [1.29, 1.82) is 0 Å². The topological polar surface area (TPSA) is 30.5 Å². The van der Waals surface area contributed by atoms with Crippen LogP contribution in [-0.2, 0) is 9.47 Å². The van der Waals surface area contributed by atoms with E-state index in [1.54, 1.807) is 14.2 Å². The van der Waals surface area contributed by atoms with Crippen molar-refractivity contribution in [3.05, 3.63) is 60.2 Å². The Morgan fingerprint density at radius 1 is 0.857 bits per heavy atom. The maximum Gasteiger partial charge on any atom is 0.169 e. The molecule has 2 rings (SSSR count). The first-order valence-corrected chi connectivity index (χ1v) is 7.19. The van der Waals surface area contributed by atoms with Crippen LogP contribution >= 0.6 is 0 Å². The van der Waals surface area contributed by atoms with Gasteiger partial charge in [0.1, 0.15) is 0 Å². The summed E-state index contributed by atoms with van der Waals surface area (Å²) in [4.78, 5) is 0. The van der Waals surface area contributed by atoms with E-state index >= 15 is 0 Å². The Hall–Kier alpha value is -1.68. The third-order valence-electron chi connectivity index (χ3n) is 3.63. The van der Waals surface area contributed by atoms with E-state index in [0.717, 1.165) is 0 Å². The summed E-state index contributed by atoms with van der Waals surface area (Å²) in [5, 5.41) is 3.41. The van der Waals surface area contributed by atoms with Crippen molar-refractivity contribution in [3.8, 4) is 11.1 Å². The molecule has 0 aliphatic carbocycles. The molecule has 2 aromatic rings. The van der Waals surface area contributed by atoms with Crippen molar-refractivity contribution in [3.63, 3.8) is 0 Å². The molecule has 21 heavy (non-hydrogen) atoms. The predicted octanol–water partition coefficient (Wildman–Crippen LogP) is 3.62. The van der Waals surface area contributed by atoms with E-state index in [9.17, 15) is 0 Å². The highest BCUT2D eigenvalue weighted by molar-refractivity contribution is 5.63. The Balaban J connectivity index is 1.98. The summed E-state index contributed by atoms with van der Waals surface area (Å²) in [5.41, 5.74) is 3.72. The summed E-state index contributed by atoms with van der Waals surface area (Å²) < 4.78 is 10.4. The molecule has 0 aliphatic heterocycles. The lowest BCUT2D eigenvalue weighted by Gasteiger charge is -2.19. The van der Waals surface area contributed by atoms with Crippen LogP contribution in [0.5, 0.6) is 0 Å². The number of nitrogens with one attached hydrogen (secondary N) is 1. The maximum atomic E-state index is 5.18. The van der Waals surface area contributed by atoms with Crippen LogP contribution < -0.4 is 5.32 Å². The summed E-state index contributed by atoms with van der Waals surface area (Å²) in [6.07, 6.45) is -0.212. The van der Waals surface area contributed by atoms with Crippen LogP contribution in [0.4, 0.5) is 0 Å². The number of ether oxygens (including phenoxy) is 2. The van der Waals surface area contributed by atoms with Crippen LogP contribution in [-0.4, -0.2) is 27.1 Å². The molecule has 1 N–H and O–H groups in total. The van der Waals surface area contributed by atoms with E-state index in [1.165, 1.54) is 16.7 Å². The van der Waals surface area contributed by atoms with Gasteiger partial charge in [-0.15, -0.1) is 0 Å². The molecule has 0 amide bonds. The summed E-state index contributed by atoms with van der Waals surface area (Å²) in [6.45, 7) is 2.80. The molecule has 1 unspecified atom stereocenters. The van der Waals surface area contributed by atoms with E-state index in [4.69, 9.17) is 9.47 Å². The van der Waals surface area contributed by atoms with Crippen LogP contribution in [0.25, 0.3) is 11.1 Å². The zero-order valence-corrected chi connectivity index (χ0v) is 12.9. The van der Waals surface area contributed by atoms with Crippen LogP contribution in [0.1, 0.15) is 18.5 Å². The van der Waals surface area contributed by atoms with Gasteiger partial charge >= 0.3 is 0 Å². The molecule has 1 atom stereocenters. The average molecular weight is 285 g/mol. The molecule has 0 saturated carbocycles. The fourth-order valence-corrected chi connectivity index (χ4v) is 2.25. The molecule has 0 bridgehead atoms. The van der Waals surface area contributed by atoms with Crippen LogP contribution in [0, 0.1) is 0 Å². The van der Waals surface area contributed by atoms with E-state index in [0.29, 0.717) is 6.54 Å². The molecule has 0 aromatic heterocycles. The molecule has 0 radical (unpaired) electrons. The second kappa shape index (κ2) is 7.93. The van der Waals surface area contributed by atoms with Gasteiger partial charge in [-0.2, -0.15) is 0 Å². The van der Waals surface area contributed by atoms with Gasteiger partial charge in [-0.1, -0.05) is 54.6 Å². The van der Waals surface area contributed by atoms with Crippen molar-refractivity contribution in [1.82, 2.24) is 5.32 Å². The number of methoxy groups -OCH3 is 2. The number of hydrogen-bond acceptors (Lipinski definition) is 3. The minimum absolute atomic E-state index is 0.212. The number of benzene rings is 2. The second-order valence-electron chi connectivity index (χ2n) is 5.02. The average Bonchev–Trinajstić information content (AvgIpc) is 2.56. The van der Waals surface area contributed by atoms with E-state index in [2.05, 4.69) is 60.8 Å². The Morgan fingerprint density at radius 2 is 1.43 bits per heavy atom. The molecule has 0 fully saturated rings. The fraction of sp³-hybridized carbons (Fsp3) is 0.333. The zero-order valence-electron chi connectivity index (χ0n) is 12.9. The van der Waals surface area contributed by atoms with Crippen molar-refractivity contribution >= 4 is 0 Å². The molecule has 3 heteroatoms. The summed E-state index contributed by atoms with van der Waals surface area (Å²) in [6, 6.07) is 19.3. The lowest BCUT2D eigenvalue weighted by molar-refractivity contribution is -0.0997. The highest BCUT2D eigenvalue weighted by Crippen LogP contribution is 2.21. The van der Waals surface area contributed by atoms with Crippen LogP contribution in [0.2, 0.25) is 0 Å². The lowest BCUT2D eigenvalue weighted by atomic mass is 10.0. The van der Waals surface area contributed by atoms with Crippen molar-refractivity contribution < 1.29 is 9.47 Å². The highest BCUT2D eigenvalue weighted by atomic mass is 16.7. The maximum absolute atomic E-state index is 5.18. The van der Waals surface area contributed by atoms with Gasteiger partial charge in [0.25, 0.3) is 0 Å². The minimum Gasteiger partial charge on any atom is -0.355 e.